The molecule has 4 nitrogen and oxygen atoms in total. The highest BCUT2D eigenvalue weighted by Gasteiger charge is 2.07. The van der Waals surface area contributed by atoms with Crippen LogP contribution in [0.15, 0.2) is 35.1 Å². The summed E-state index contributed by atoms with van der Waals surface area (Å²) in [7, 11) is 3.36. The van der Waals surface area contributed by atoms with Crippen molar-refractivity contribution in [2.45, 2.75) is 6.92 Å². The molecule has 0 fully saturated rings. The minimum Gasteiger partial charge on any atom is -0.496 e. The van der Waals surface area contributed by atoms with Crippen molar-refractivity contribution in [3.05, 3.63) is 46.2 Å². The first-order valence-corrected chi connectivity index (χ1v) is 5.65. The number of anilines is 1. The van der Waals surface area contributed by atoms with Crippen LogP contribution >= 0.6 is 0 Å². The van der Waals surface area contributed by atoms with Gasteiger partial charge in [-0.15, -0.1) is 0 Å². The number of nitrogen functional groups attached to an aromatic ring is 1. The van der Waals surface area contributed by atoms with E-state index in [2.05, 4.69) is 0 Å². The van der Waals surface area contributed by atoms with Crippen molar-refractivity contribution < 1.29 is 4.74 Å². The van der Waals surface area contributed by atoms with Gasteiger partial charge in [0.15, 0.2) is 0 Å². The normalized spacial score (nSPS) is 10.4. The Morgan fingerprint density at radius 1 is 1.22 bits per heavy atom. The van der Waals surface area contributed by atoms with Crippen LogP contribution in [-0.4, -0.2) is 11.7 Å². The molecule has 2 aromatic rings. The summed E-state index contributed by atoms with van der Waals surface area (Å²) in [5.74, 6) is 0.833. The van der Waals surface area contributed by atoms with E-state index in [9.17, 15) is 4.79 Å². The van der Waals surface area contributed by atoms with Gasteiger partial charge in [-0.2, -0.15) is 0 Å². The predicted octanol–water partition coefficient (Wildman–Crippen LogP) is 1.95. The van der Waals surface area contributed by atoms with Crippen molar-refractivity contribution >= 4 is 5.69 Å². The van der Waals surface area contributed by atoms with E-state index in [4.69, 9.17) is 10.5 Å². The molecule has 0 unspecified atom stereocenters. The maximum atomic E-state index is 11.8. The topological polar surface area (TPSA) is 57.2 Å². The van der Waals surface area contributed by atoms with Crippen LogP contribution in [-0.2, 0) is 7.05 Å². The highest BCUT2D eigenvalue weighted by atomic mass is 16.5. The van der Waals surface area contributed by atoms with Crippen LogP contribution in [0.2, 0.25) is 0 Å². The van der Waals surface area contributed by atoms with E-state index in [1.165, 1.54) is 0 Å². The molecule has 0 saturated carbocycles. The Bertz CT molecular complexity index is 645. The molecule has 0 aliphatic rings. The fourth-order valence-electron chi connectivity index (χ4n) is 1.98. The molecular formula is C14H16N2O2. The van der Waals surface area contributed by atoms with Gasteiger partial charge in [0.1, 0.15) is 5.75 Å². The molecule has 2 rings (SSSR count). The zero-order valence-corrected chi connectivity index (χ0v) is 10.7. The number of nitrogens with zero attached hydrogens (tertiary/aromatic N) is 1. The van der Waals surface area contributed by atoms with Gasteiger partial charge in [0, 0.05) is 7.05 Å². The largest absolute Gasteiger partial charge is 0.496 e. The number of hydrogen-bond acceptors (Lipinski definition) is 3. The summed E-state index contributed by atoms with van der Waals surface area (Å²) >= 11 is 0. The van der Waals surface area contributed by atoms with E-state index >= 15 is 0 Å². The van der Waals surface area contributed by atoms with Gasteiger partial charge < -0.3 is 15.0 Å². The SMILES string of the molecule is COc1ccc(-c2ccc(N)c(=O)n2C)cc1C. The van der Waals surface area contributed by atoms with Crippen LogP contribution in [0, 0.1) is 6.92 Å². The van der Waals surface area contributed by atoms with E-state index in [1.807, 2.05) is 31.2 Å². The third kappa shape index (κ3) is 1.97. The van der Waals surface area contributed by atoms with Crippen molar-refractivity contribution in [2.75, 3.05) is 12.8 Å². The minimum absolute atomic E-state index is 0.180. The fraction of sp³-hybridized carbons (Fsp3) is 0.214. The van der Waals surface area contributed by atoms with Crippen molar-refractivity contribution in [1.82, 2.24) is 4.57 Å². The lowest BCUT2D eigenvalue weighted by molar-refractivity contribution is 0.412. The van der Waals surface area contributed by atoms with Gasteiger partial charge in [-0.1, -0.05) is 0 Å². The smallest absolute Gasteiger partial charge is 0.273 e. The van der Waals surface area contributed by atoms with E-state index < -0.39 is 0 Å². The summed E-state index contributed by atoms with van der Waals surface area (Å²) in [5, 5.41) is 0. The number of pyridine rings is 1. The number of benzene rings is 1. The van der Waals surface area contributed by atoms with Crippen LogP contribution < -0.4 is 16.0 Å². The Morgan fingerprint density at radius 3 is 2.56 bits per heavy atom. The van der Waals surface area contributed by atoms with Crippen LogP contribution in [0.25, 0.3) is 11.3 Å². The van der Waals surface area contributed by atoms with E-state index in [0.717, 1.165) is 22.6 Å². The lowest BCUT2D eigenvalue weighted by atomic mass is 10.1. The first kappa shape index (κ1) is 12.2. The molecule has 1 aromatic carbocycles. The lowest BCUT2D eigenvalue weighted by Gasteiger charge is -2.11. The highest BCUT2D eigenvalue weighted by molar-refractivity contribution is 5.63. The maximum Gasteiger partial charge on any atom is 0.273 e. The number of aryl methyl sites for hydroxylation is 1. The third-order valence-electron chi connectivity index (χ3n) is 3.02. The summed E-state index contributed by atoms with van der Waals surface area (Å²) in [6.45, 7) is 1.97. The Morgan fingerprint density at radius 2 is 1.94 bits per heavy atom. The number of nitrogens with two attached hydrogens (primary N) is 1. The Balaban J connectivity index is 2.59. The second-order valence-corrected chi connectivity index (χ2v) is 4.22. The van der Waals surface area contributed by atoms with Crippen LogP contribution in [0.1, 0.15) is 5.56 Å². The van der Waals surface area contributed by atoms with Gasteiger partial charge >= 0.3 is 0 Å². The third-order valence-corrected chi connectivity index (χ3v) is 3.02. The molecule has 18 heavy (non-hydrogen) atoms. The molecule has 1 aromatic heterocycles. The number of rotatable bonds is 2. The van der Waals surface area contributed by atoms with Crippen molar-refractivity contribution in [1.29, 1.82) is 0 Å². The number of aromatic nitrogens is 1. The van der Waals surface area contributed by atoms with Gasteiger partial charge in [0.2, 0.25) is 0 Å². The Kier molecular flexibility index (Phi) is 3.10. The Labute approximate surface area is 106 Å². The van der Waals surface area contributed by atoms with E-state index in [-0.39, 0.29) is 11.2 Å². The van der Waals surface area contributed by atoms with E-state index in [1.54, 1.807) is 24.8 Å². The molecule has 4 heteroatoms. The van der Waals surface area contributed by atoms with Crippen LogP contribution in [0.4, 0.5) is 5.69 Å². The first-order valence-electron chi connectivity index (χ1n) is 5.65. The molecule has 0 aliphatic heterocycles. The molecular weight excluding hydrogens is 228 g/mol. The van der Waals surface area contributed by atoms with Crippen molar-refractivity contribution in [3.63, 3.8) is 0 Å². The van der Waals surface area contributed by atoms with E-state index in [0.29, 0.717) is 0 Å². The average Bonchev–Trinajstić information content (AvgIpc) is 2.36. The molecule has 0 bridgehead atoms. The Hall–Kier alpha value is -2.23. The zero-order chi connectivity index (χ0) is 13.3. The van der Waals surface area contributed by atoms with Crippen LogP contribution in [0.3, 0.4) is 0 Å². The summed E-state index contributed by atoms with van der Waals surface area (Å²) in [4.78, 5) is 11.8. The second kappa shape index (κ2) is 4.56. The zero-order valence-electron chi connectivity index (χ0n) is 10.7. The minimum atomic E-state index is -0.180. The summed E-state index contributed by atoms with van der Waals surface area (Å²) < 4.78 is 6.77. The molecule has 0 aliphatic carbocycles. The van der Waals surface area contributed by atoms with Gasteiger partial charge in [-0.05, 0) is 48.4 Å². The summed E-state index contributed by atoms with van der Waals surface area (Å²) in [5.41, 5.74) is 8.49. The highest BCUT2D eigenvalue weighted by Crippen LogP contribution is 2.25. The second-order valence-electron chi connectivity index (χ2n) is 4.22. The molecule has 0 spiro atoms. The average molecular weight is 244 g/mol. The molecule has 0 amide bonds. The summed E-state index contributed by atoms with van der Waals surface area (Å²) in [6, 6.07) is 9.29. The predicted molar refractivity (Wildman–Crippen MR) is 72.8 cm³/mol. The fourth-order valence-corrected chi connectivity index (χ4v) is 1.98. The number of methoxy groups -OCH3 is 1. The quantitative estimate of drug-likeness (QED) is 0.878. The number of hydrogen-bond donors (Lipinski definition) is 1. The standard InChI is InChI=1S/C14H16N2O2/c1-9-8-10(4-7-13(9)18-3)12-6-5-11(15)14(17)16(12)2/h4-8H,15H2,1-3H3. The molecule has 2 N–H and O–H groups in total. The van der Waals surface area contributed by atoms with Crippen LogP contribution in [0.5, 0.6) is 5.75 Å². The van der Waals surface area contributed by atoms with Gasteiger partial charge in [-0.3, -0.25) is 4.79 Å². The molecule has 0 radical (unpaired) electrons. The molecule has 0 atom stereocenters. The molecule has 1 heterocycles. The monoisotopic (exact) mass is 244 g/mol. The molecule has 94 valence electrons. The van der Waals surface area contributed by atoms with Crippen molar-refractivity contribution in [3.8, 4) is 17.0 Å². The molecule has 0 saturated heterocycles. The van der Waals surface area contributed by atoms with Crippen molar-refractivity contribution in [2.24, 2.45) is 7.05 Å². The number of ether oxygens (including phenoxy) is 1. The summed E-state index contributed by atoms with van der Waals surface area (Å²) in [6.07, 6.45) is 0. The van der Waals surface area contributed by atoms with Gasteiger partial charge in [-0.25, -0.2) is 0 Å². The van der Waals surface area contributed by atoms with Gasteiger partial charge in [0.25, 0.3) is 5.56 Å². The lowest BCUT2D eigenvalue weighted by Crippen LogP contribution is -2.21. The first-order chi connectivity index (χ1) is 8.54. The van der Waals surface area contributed by atoms with Gasteiger partial charge in [0.05, 0.1) is 18.5 Å². The maximum absolute atomic E-state index is 11.8.